The van der Waals surface area contributed by atoms with Gasteiger partial charge in [0.05, 0.1) is 18.2 Å². The van der Waals surface area contributed by atoms with Crippen LogP contribution in [0.5, 0.6) is 11.5 Å². The van der Waals surface area contributed by atoms with E-state index in [4.69, 9.17) is 21.1 Å². The van der Waals surface area contributed by atoms with E-state index >= 15 is 0 Å². The molecular weight excluding hydrogens is 339 g/mol. The zero-order chi connectivity index (χ0) is 16.5. The number of likely N-dealkylation sites (N-methyl/N-ethyl adjacent to an activating group) is 2. The molecule has 1 aromatic rings. The molecule has 1 N–H and O–H groups in total. The second kappa shape index (κ2) is 11.4. The molecule has 0 aliphatic carbocycles. The Kier molecular flexibility index (Phi) is 10.8. The second-order valence-electron chi connectivity index (χ2n) is 4.90. The smallest absolute Gasteiger partial charge is 0.253 e. The summed E-state index contributed by atoms with van der Waals surface area (Å²) in [7, 11) is 3.61. The van der Waals surface area contributed by atoms with Crippen molar-refractivity contribution >= 4 is 29.9 Å². The van der Waals surface area contributed by atoms with Gasteiger partial charge in [0.15, 0.2) is 11.5 Å². The standard InChI is InChI=1S/C16H25ClN2O3.ClH/c1-5-9-22-15-13(17)10-12(11-14(15)21-6-2)16(20)19(4)8-7-18-3;/h10-11,18H,5-9H2,1-4H3;1H. The number of hydrogen-bond donors (Lipinski definition) is 1. The number of halogens is 2. The van der Waals surface area contributed by atoms with Crippen LogP contribution in [0.3, 0.4) is 0 Å². The minimum atomic E-state index is -0.0971. The zero-order valence-corrected chi connectivity index (χ0v) is 15.7. The van der Waals surface area contributed by atoms with Gasteiger partial charge in [-0.05, 0) is 32.5 Å². The molecule has 1 amide bonds. The number of hydrogen-bond acceptors (Lipinski definition) is 4. The van der Waals surface area contributed by atoms with Gasteiger partial charge in [-0.3, -0.25) is 4.79 Å². The molecule has 1 aromatic carbocycles. The Morgan fingerprint density at radius 2 is 2.00 bits per heavy atom. The fraction of sp³-hybridized carbons (Fsp3) is 0.562. The number of carbonyl (C=O) groups excluding carboxylic acids is 1. The first-order valence-corrected chi connectivity index (χ1v) is 7.92. The summed E-state index contributed by atoms with van der Waals surface area (Å²) in [6.45, 7) is 6.27. The van der Waals surface area contributed by atoms with Crippen LogP contribution in [0, 0.1) is 0 Å². The molecule has 0 aromatic heterocycles. The molecule has 132 valence electrons. The van der Waals surface area contributed by atoms with Crippen LogP contribution >= 0.6 is 24.0 Å². The van der Waals surface area contributed by atoms with Gasteiger partial charge >= 0.3 is 0 Å². The minimum Gasteiger partial charge on any atom is -0.490 e. The Morgan fingerprint density at radius 1 is 1.30 bits per heavy atom. The van der Waals surface area contributed by atoms with Crippen molar-refractivity contribution in [2.24, 2.45) is 0 Å². The first kappa shape index (κ1) is 21.8. The van der Waals surface area contributed by atoms with E-state index in [1.54, 1.807) is 24.1 Å². The highest BCUT2D eigenvalue weighted by Crippen LogP contribution is 2.37. The van der Waals surface area contributed by atoms with Gasteiger partial charge in [0.1, 0.15) is 0 Å². The van der Waals surface area contributed by atoms with Crippen LogP contribution in [-0.4, -0.2) is 51.2 Å². The van der Waals surface area contributed by atoms with Crippen LogP contribution in [0.1, 0.15) is 30.6 Å². The van der Waals surface area contributed by atoms with E-state index < -0.39 is 0 Å². The van der Waals surface area contributed by atoms with Crippen molar-refractivity contribution in [3.8, 4) is 11.5 Å². The van der Waals surface area contributed by atoms with Crippen LogP contribution in [-0.2, 0) is 0 Å². The number of rotatable bonds is 9. The van der Waals surface area contributed by atoms with Crippen molar-refractivity contribution in [1.29, 1.82) is 0 Å². The molecular formula is C16H26Cl2N2O3. The molecule has 5 nitrogen and oxygen atoms in total. The Labute approximate surface area is 149 Å². The van der Waals surface area contributed by atoms with E-state index in [1.165, 1.54) is 0 Å². The maximum atomic E-state index is 12.4. The topological polar surface area (TPSA) is 50.8 Å². The lowest BCUT2D eigenvalue weighted by Gasteiger charge is -2.19. The van der Waals surface area contributed by atoms with Gasteiger partial charge in [0.25, 0.3) is 5.91 Å². The Morgan fingerprint density at radius 3 is 2.57 bits per heavy atom. The molecule has 0 saturated heterocycles. The summed E-state index contributed by atoms with van der Waals surface area (Å²) in [5.41, 5.74) is 0.496. The highest BCUT2D eigenvalue weighted by atomic mass is 35.5. The van der Waals surface area contributed by atoms with Crippen molar-refractivity contribution < 1.29 is 14.3 Å². The molecule has 23 heavy (non-hydrogen) atoms. The van der Waals surface area contributed by atoms with Gasteiger partial charge in [-0.1, -0.05) is 18.5 Å². The molecule has 0 spiro atoms. The van der Waals surface area contributed by atoms with E-state index in [9.17, 15) is 4.79 Å². The third-order valence-corrected chi connectivity index (χ3v) is 3.33. The first-order chi connectivity index (χ1) is 10.5. The molecule has 0 fully saturated rings. The van der Waals surface area contributed by atoms with Crippen LogP contribution in [0.2, 0.25) is 5.02 Å². The molecule has 0 heterocycles. The minimum absolute atomic E-state index is 0. The Bertz CT molecular complexity index is 498. The van der Waals surface area contributed by atoms with Crippen molar-refractivity contribution in [3.63, 3.8) is 0 Å². The highest BCUT2D eigenvalue weighted by Gasteiger charge is 2.18. The molecule has 0 bridgehead atoms. The van der Waals surface area contributed by atoms with Crippen molar-refractivity contribution in [1.82, 2.24) is 10.2 Å². The number of nitrogens with zero attached hydrogens (tertiary/aromatic N) is 1. The summed E-state index contributed by atoms with van der Waals surface area (Å²) in [6, 6.07) is 3.33. The number of amides is 1. The fourth-order valence-corrected chi connectivity index (χ4v) is 2.17. The summed E-state index contributed by atoms with van der Waals surface area (Å²) in [4.78, 5) is 14.1. The molecule has 0 atom stereocenters. The highest BCUT2D eigenvalue weighted by molar-refractivity contribution is 6.32. The van der Waals surface area contributed by atoms with Crippen LogP contribution < -0.4 is 14.8 Å². The number of benzene rings is 1. The SMILES string of the molecule is CCCOc1c(Cl)cc(C(=O)N(C)CCNC)cc1OCC.Cl. The summed E-state index contributed by atoms with van der Waals surface area (Å²) in [6.07, 6.45) is 0.870. The van der Waals surface area contributed by atoms with E-state index in [1.807, 2.05) is 20.9 Å². The van der Waals surface area contributed by atoms with E-state index in [2.05, 4.69) is 5.32 Å². The molecule has 7 heteroatoms. The monoisotopic (exact) mass is 364 g/mol. The fourth-order valence-electron chi connectivity index (χ4n) is 1.90. The molecule has 0 radical (unpaired) electrons. The second-order valence-corrected chi connectivity index (χ2v) is 5.30. The molecule has 1 rings (SSSR count). The lowest BCUT2D eigenvalue weighted by Crippen LogP contribution is -2.32. The summed E-state index contributed by atoms with van der Waals surface area (Å²) in [5, 5.41) is 3.41. The third kappa shape index (κ3) is 6.45. The number of carbonyl (C=O) groups is 1. The maximum Gasteiger partial charge on any atom is 0.253 e. The van der Waals surface area contributed by atoms with Gasteiger partial charge in [0, 0.05) is 25.7 Å². The number of nitrogens with one attached hydrogen (secondary N) is 1. The van der Waals surface area contributed by atoms with Crippen molar-refractivity contribution in [2.45, 2.75) is 20.3 Å². The van der Waals surface area contributed by atoms with E-state index in [0.29, 0.717) is 41.8 Å². The van der Waals surface area contributed by atoms with Crippen molar-refractivity contribution in [2.75, 3.05) is 40.4 Å². The van der Waals surface area contributed by atoms with E-state index in [0.717, 1.165) is 13.0 Å². The van der Waals surface area contributed by atoms with Gasteiger partial charge in [-0.15, -0.1) is 12.4 Å². The average Bonchev–Trinajstić information content (AvgIpc) is 2.51. The predicted molar refractivity (Wildman–Crippen MR) is 96.5 cm³/mol. The molecule has 0 aliphatic heterocycles. The van der Waals surface area contributed by atoms with Gasteiger partial charge in [-0.2, -0.15) is 0 Å². The quantitative estimate of drug-likeness (QED) is 0.730. The largest absolute Gasteiger partial charge is 0.490 e. The van der Waals surface area contributed by atoms with Crippen LogP contribution in [0.15, 0.2) is 12.1 Å². The first-order valence-electron chi connectivity index (χ1n) is 7.54. The van der Waals surface area contributed by atoms with Gasteiger partial charge in [-0.25, -0.2) is 0 Å². The predicted octanol–water partition coefficient (Wildman–Crippen LogP) is 3.24. The molecule has 0 saturated carbocycles. The van der Waals surface area contributed by atoms with Crippen LogP contribution in [0.4, 0.5) is 0 Å². The molecule has 0 aliphatic rings. The van der Waals surface area contributed by atoms with E-state index in [-0.39, 0.29) is 18.3 Å². The summed E-state index contributed by atoms with van der Waals surface area (Å²) in [5.74, 6) is 0.911. The average molecular weight is 365 g/mol. The Hall–Kier alpha value is -1.17. The molecule has 0 unspecified atom stereocenters. The summed E-state index contributed by atoms with van der Waals surface area (Å²) < 4.78 is 11.2. The van der Waals surface area contributed by atoms with Crippen LogP contribution in [0.25, 0.3) is 0 Å². The summed E-state index contributed by atoms with van der Waals surface area (Å²) >= 11 is 6.27. The lowest BCUT2D eigenvalue weighted by molar-refractivity contribution is 0.0796. The normalized spacial score (nSPS) is 9.96. The lowest BCUT2D eigenvalue weighted by atomic mass is 10.1. The number of ether oxygens (including phenoxy) is 2. The zero-order valence-electron chi connectivity index (χ0n) is 14.1. The third-order valence-electron chi connectivity index (χ3n) is 3.05. The van der Waals surface area contributed by atoms with Gasteiger partial charge in [0.2, 0.25) is 0 Å². The maximum absolute atomic E-state index is 12.4. The van der Waals surface area contributed by atoms with Crippen molar-refractivity contribution in [3.05, 3.63) is 22.7 Å². The van der Waals surface area contributed by atoms with Gasteiger partial charge < -0.3 is 19.7 Å². The Balaban J connectivity index is 0.00000484.